The van der Waals surface area contributed by atoms with Gasteiger partial charge in [-0.15, -0.1) is 0 Å². The van der Waals surface area contributed by atoms with Gasteiger partial charge in [0.15, 0.2) is 5.82 Å². The Balaban J connectivity index is 1.45. The predicted octanol–water partition coefficient (Wildman–Crippen LogP) is 3.72. The first-order chi connectivity index (χ1) is 16.1. The molecule has 0 radical (unpaired) electrons. The molecule has 3 heterocycles. The van der Waals surface area contributed by atoms with Gasteiger partial charge in [-0.2, -0.15) is 10.2 Å². The number of hydrogen-bond acceptors (Lipinski definition) is 6. The molecule has 2 aromatic carbocycles. The minimum atomic E-state index is -0.264. The van der Waals surface area contributed by atoms with E-state index in [0.717, 1.165) is 33.5 Å². The fourth-order valence-electron chi connectivity index (χ4n) is 3.60. The zero-order chi connectivity index (χ0) is 22.8. The van der Waals surface area contributed by atoms with Gasteiger partial charge in [0.25, 0.3) is 5.91 Å². The first-order valence-corrected chi connectivity index (χ1v) is 10.4. The second-order valence-corrected chi connectivity index (χ2v) is 7.93. The Labute approximate surface area is 189 Å². The topological polar surface area (TPSA) is 115 Å². The number of nitrogens with zero attached hydrogens (tertiary/aromatic N) is 5. The minimum absolute atomic E-state index is 0.264. The molecule has 0 aliphatic carbocycles. The van der Waals surface area contributed by atoms with Crippen LogP contribution in [0.1, 0.15) is 16.3 Å². The Bertz CT molecular complexity index is 1420. The van der Waals surface area contributed by atoms with Crippen LogP contribution in [0, 0.1) is 0 Å². The third-order valence-corrected chi connectivity index (χ3v) is 5.11. The molecule has 3 aromatic heterocycles. The fraction of sp³-hybridized carbons (Fsp3) is 0.125. The van der Waals surface area contributed by atoms with Gasteiger partial charge in [0.2, 0.25) is 0 Å². The Morgan fingerprint density at radius 2 is 1.88 bits per heavy atom. The van der Waals surface area contributed by atoms with Crippen molar-refractivity contribution in [1.82, 2.24) is 35.3 Å². The highest BCUT2D eigenvalue weighted by molar-refractivity contribution is 6.03. The molecule has 0 saturated carbocycles. The number of fused-ring (bicyclic) bond motifs is 1. The lowest BCUT2D eigenvalue weighted by atomic mass is 10.0. The summed E-state index contributed by atoms with van der Waals surface area (Å²) in [6.45, 7) is 0.684. The molecule has 5 rings (SSSR count). The Morgan fingerprint density at radius 3 is 2.70 bits per heavy atom. The van der Waals surface area contributed by atoms with Crippen molar-refractivity contribution < 1.29 is 4.79 Å². The van der Waals surface area contributed by atoms with Crippen molar-refractivity contribution in [2.75, 3.05) is 19.4 Å². The van der Waals surface area contributed by atoms with Crippen LogP contribution in [0.3, 0.4) is 0 Å². The summed E-state index contributed by atoms with van der Waals surface area (Å²) in [6, 6.07) is 18.8. The molecule has 0 saturated heterocycles. The highest BCUT2D eigenvalue weighted by Gasteiger charge is 2.14. The highest BCUT2D eigenvalue weighted by Crippen LogP contribution is 2.30. The first-order valence-electron chi connectivity index (χ1n) is 10.4. The molecule has 0 bridgehead atoms. The van der Waals surface area contributed by atoms with E-state index in [-0.39, 0.29) is 5.91 Å². The number of benzene rings is 2. The van der Waals surface area contributed by atoms with Crippen LogP contribution >= 0.6 is 0 Å². The summed E-state index contributed by atoms with van der Waals surface area (Å²) in [7, 11) is 3.97. The zero-order valence-electron chi connectivity index (χ0n) is 18.2. The molecular formula is C24H22N8O. The summed E-state index contributed by atoms with van der Waals surface area (Å²) in [5.41, 5.74) is 4.48. The molecule has 1 amide bonds. The smallest absolute Gasteiger partial charge is 0.274 e. The number of rotatable bonds is 6. The van der Waals surface area contributed by atoms with Crippen LogP contribution < -0.4 is 5.32 Å². The van der Waals surface area contributed by atoms with Gasteiger partial charge in [0, 0.05) is 28.4 Å². The average Bonchev–Trinajstić information content (AvgIpc) is 3.46. The lowest BCUT2D eigenvalue weighted by molar-refractivity contribution is 0.102. The molecule has 9 heteroatoms. The number of pyridine rings is 1. The van der Waals surface area contributed by atoms with Crippen LogP contribution in [0.15, 0.2) is 66.9 Å². The second-order valence-electron chi connectivity index (χ2n) is 7.93. The SMILES string of the molecule is CN(C)Cc1nc(-c2ccc3[nH]nc(-c4cccc(NC(=O)c5ccccn5)c4)c3c2)n[nH]1. The molecule has 5 aromatic rings. The minimum Gasteiger partial charge on any atom is -0.321 e. The monoisotopic (exact) mass is 438 g/mol. The van der Waals surface area contributed by atoms with Crippen LogP contribution in [-0.4, -0.2) is 55.3 Å². The van der Waals surface area contributed by atoms with E-state index in [1.165, 1.54) is 0 Å². The van der Waals surface area contributed by atoms with Crippen LogP contribution in [0.2, 0.25) is 0 Å². The maximum absolute atomic E-state index is 12.5. The van der Waals surface area contributed by atoms with Gasteiger partial charge in [-0.1, -0.05) is 18.2 Å². The van der Waals surface area contributed by atoms with E-state index in [1.54, 1.807) is 24.4 Å². The van der Waals surface area contributed by atoms with E-state index >= 15 is 0 Å². The molecule has 3 N–H and O–H groups in total. The van der Waals surface area contributed by atoms with Crippen LogP contribution in [0.4, 0.5) is 5.69 Å². The number of anilines is 1. The van der Waals surface area contributed by atoms with Gasteiger partial charge in [0.1, 0.15) is 11.5 Å². The van der Waals surface area contributed by atoms with Gasteiger partial charge in [-0.05, 0) is 56.6 Å². The van der Waals surface area contributed by atoms with Gasteiger partial charge < -0.3 is 10.2 Å². The third-order valence-electron chi connectivity index (χ3n) is 5.11. The van der Waals surface area contributed by atoms with Crippen molar-refractivity contribution >= 4 is 22.5 Å². The molecule has 0 aliphatic heterocycles. The highest BCUT2D eigenvalue weighted by atomic mass is 16.1. The summed E-state index contributed by atoms with van der Waals surface area (Å²) in [5.74, 6) is 1.18. The van der Waals surface area contributed by atoms with Crippen molar-refractivity contribution in [3.63, 3.8) is 0 Å². The summed E-state index contributed by atoms with van der Waals surface area (Å²) in [4.78, 5) is 23.2. The number of amides is 1. The van der Waals surface area contributed by atoms with E-state index in [2.05, 4.69) is 35.7 Å². The quantitative estimate of drug-likeness (QED) is 0.372. The Hall–Kier alpha value is -4.37. The first kappa shape index (κ1) is 20.5. The van der Waals surface area contributed by atoms with E-state index in [0.29, 0.717) is 23.8 Å². The number of hydrogen-bond donors (Lipinski definition) is 3. The van der Waals surface area contributed by atoms with E-state index in [1.807, 2.05) is 61.5 Å². The number of carbonyl (C=O) groups excluding carboxylic acids is 1. The summed E-state index contributed by atoms with van der Waals surface area (Å²) >= 11 is 0. The van der Waals surface area contributed by atoms with Gasteiger partial charge in [0.05, 0.1) is 17.8 Å². The predicted molar refractivity (Wildman–Crippen MR) is 126 cm³/mol. The van der Waals surface area contributed by atoms with E-state index in [9.17, 15) is 4.79 Å². The summed E-state index contributed by atoms with van der Waals surface area (Å²) in [6.07, 6.45) is 1.59. The lowest BCUT2D eigenvalue weighted by Gasteiger charge is -2.06. The summed E-state index contributed by atoms with van der Waals surface area (Å²) < 4.78 is 0. The Kier molecular flexibility index (Phi) is 5.37. The molecular weight excluding hydrogens is 416 g/mol. The average molecular weight is 438 g/mol. The molecule has 0 fully saturated rings. The van der Waals surface area contributed by atoms with Gasteiger partial charge >= 0.3 is 0 Å². The summed E-state index contributed by atoms with van der Waals surface area (Å²) in [5, 5.41) is 18.8. The van der Waals surface area contributed by atoms with Gasteiger partial charge in [-0.25, -0.2) is 4.98 Å². The third kappa shape index (κ3) is 4.35. The van der Waals surface area contributed by atoms with Crippen LogP contribution in [0.5, 0.6) is 0 Å². The molecule has 33 heavy (non-hydrogen) atoms. The molecule has 0 aliphatic rings. The molecule has 164 valence electrons. The number of nitrogens with one attached hydrogen (secondary N) is 3. The van der Waals surface area contributed by atoms with Gasteiger partial charge in [-0.3, -0.25) is 20.0 Å². The van der Waals surface area contributed by atoms with E-state index in [4.69, 9.17) is 0 Å². The van der Waals surface area contributed by atoms with Crippen molar-refractivity contribution in [2.24, 2.45) is 0 Å². The number of carbonyl (C=O) groups is 1. The van der Waals surface area contributed by atoms with Crippen molar-refractivity contribution in [2.45, 2.75) is 6.54 Å². The van der Waals surface area contributed by atoms with Crippen molar-refractivity contribution in [3.8, 4) is 22.6 Å². The number of aromatic nitrogens is 6. The molecule has 0 spiro atoms. The largest absolute Gasteiger partial charge is 0.321 e. The zero-order valence-corrected chi connectivity index (χ0v) is 18.2. The fourth-order valence-corrected chi connectivity index (χ4v) is 3.60. The molecule has 9 nitrogen and oxygen atoms in total. The van der Waals surface area contributed by atoms with Crippen LogP contribution in [-0.2, 0) is 6.54 Å². The van der Waals surface area contributed by atoms with Crippen molar-refractivity contribution in [1.29, 1.82) is 0 Å². The van der Waals surface area contributed by atoms with Crippen LogP contribution in [0.25, 0.3) is 33.5 Å². The standard InChI is InChI=1S/C24H22N8O/c1-32(2)14-21-27-23(31-29-21)16-9-10-19-18(13-16)22(30-28-19)15-6-5-7-17(12-15)26-24(33)20-8-3-4-11-25-20/h3-13H,14H2,1-2H3,(H,26,33)(H,28,30)(H,27,29,31). The molecule has 0 unspecified atom stereocenters. The maximum atomic E-state index is 12.5. The second kappa shape index (κ2) is 8.64. The van der Waals surface area contributed by atoms with E-state index < -0.39 is 0 Å². The molecule has 0 atom stereocenters. The lowest BCUT2D eigenvalue weighted by Crippen LogP contribution is -2.13. The number of aromatic amines is 2. The normalized spacial score (nSPS) is 11.2. The number of H-pyrrole nitrogens is 2. The Morgan fingerprint density at radius 1 is 0.970 bits per heavy atom. The van der Waals surface area contributed by atoms with Crippen molar-refractivity contribution in [3.05, 3.63) is 78.4 Å². The maximum Gasteiger partial charge on any atom is 0.274 e.